The van der Waals surface area contributed by atoms with Gasteiger partial charge in [-0.3, -0.25) is 4.99 Å². The fraction of sp³-hybridized carbons (Fsp3) is 0.300. The molecule has 0 aromatic heterocycles. The summed E-state index contributed by atoms with van der Waals surface area (Å²) in [6.45, 7) is 5.42. The lowest BCUT2D eigenvalue weighted by Gasteiger charge is -2.30. The fourth-order valence-electron chi connectivity index (χ4n) is 3.38. The van der Waals surface area contributed by atoms with Gasteiger partial charge >= 0.3 is 6.03 Å². The largest absolute Gasteiger partial charge is 0.354 e. The number of anilines is 2. The lowest BCUT2D eigenvalue weighted by Crippen LogP contribution is -2.41. The summed E-state index contributed by atoms with van der Waals surface area (Å²) in [5.74, 6) is 0.980. The molecule has 28 heavy (non-hydrogen) atoms. The molecule has 2 aromatic carbocycles. The Hall–Kier alpha value is -2.44. The molecule has 0 radical (unpaired) electrons. The minimum atomic E-state index is -0.288. The monoisotopic (exact) mass is 419 g/mol. The molecule has 0 aliphatic carbocycles. The number of urea groups is 1. The first-order valence-corrected chi connectivity index (χ1v) is 9.45. The number of halogens is 2. The molecule has 2 aromatic rings. The quantitative estimate of drug-likeness (QED) is 0.687. The minimum Gasteiger partial charge on any atom is -0.354 e. The average molecular weight is 420 g/mol. The summed E-state index contributed by atoms with van der Waals surface area (Å²) in [7, 11) is 0. The van der Waals surface area contributed by atoms with E-state index in [1.165, 1.54) is 11.1 Å². The van der Waals surface area contributed by atoms with Crippen LogP contribution in [0.25, 0.3) is 0 Å². The summed E-state index contributed by atoms with van der Waals surface area (Å²) < 4.78 is 0. The van der Waals surface area contributed by atoms with Crippen LogP contribution in [0.4, 0.5) is 16.2 Å². The first-order chi connectivity index (χ1) is 13.1. The van der Waals surface area contributed by atoms with Gasteiger partial charge < -0.3 is 20.9 Å². The van der Waals surface area contributed by atoms with Gasteiger partial charge in [0.2, 0.25) is 0 Å². The number of guanidine groups is 1. The molecule has 0 atom stereocenters. The van der Waals surface area contributed by atoms with E-state index in [0.29, 0.717) is 10.7 Å². The van der Waals surface area contributed by atoms with Crippen molar-refractivity contribution in [3.05, 3.63) is 58.1 Å². The van der Waals surface area contributed by atoms with Crippen LogP contribution in [0.5, 0.6) is 0 Å². The van der Waals surface area contributed by atoms with Crippen LogP contribution in [0.3, 0.4) is 0 Å². The highest BCUT2D eigenvalue weighted by Crippen LogP contribution is 2.24. The molecule has 3 N–H and O–H groups in total. The van der Waals surface area contributed by atoms with Crippen LogP contribution >= 0.6 is 24.0 Å². The Bertz CT molecular complexity index is 915. The Morgan fingerprint density at radius 3 is 2.61 bits per heavy atom. The van der Waals surface area contributed by atoms with Crippen molar-refractivity contribution >= 4 is 47.4 Å². The van der Waals surface area contributed by atoms with Gasteiger partial charge in [-0.2, -0.15) is 0 Å². The van der Waals surface area contributed by atoms with Crippen LogP contribution < -0.4 is 16.0 Å². The molecule has 0 spiro atoms. The highest BCUT2D eigenvalue weighted by atomic mass is 35.5. The average Bonchev–Trinajstić information content (AvgIpc) is 3.19. The molecular weight excluding hydrogens is 397 g/mol. The first-order valence-electron chi connectivity index (χ1n) is 9.08. The predicted octanol–water partition coefficient (Wildman–Crippen LogP) is 4.03. The topological polar surface area (TPSA) is 68.8 Å². The molecule has 2 aliphatic rings. The normalized spacial score (nSPS) is 15.1. The number of aryl methyl sites for hydroxylation is 1. The standard InChI is InChI=1S/C20H22ClN5O.ClH/c1-13-2-4-17(11-18(13)21)25-20(27)24-16-5-3-14-6-9-26(12-15(14)10-16)19-22-7-8-23-19;/h2-5,10-11H,6-9,12H2,1H3,(H,22,23)(H2,24,25,27);1H. The molecular formula is C20H23Cl2N5O. The minimum absolute atomic E-state index is 0. The van der Waals surface area contributed by atoms with Gasteiger partial charge in [0.25, 0.3) is 0 Å². The zero-order valence-corrected chi connectivity index (χ0v) is 17.2. The van der Waals surface area contributed by atoms with Gasteiger partial charge in [0.1, 0.15) is 0 Å². The van der Waals surface area contributed by atoms with E-state index in [-0.39, 0.29) is 18.4 Å². The molecule has 2 amide bonds. The van der Waals surface area contributed by atoms with Gasteiger partial charge in [0.15, 0.2) is 5.96 Å². The number of carbonyl (C=O) groups excluding carboxylic acids is 1. The van der Waals surface area contributed by atoms with E-state index in [2.05, 4.69) is 31.9 Å². The van der Waals surface area contributed by atoms with E-state index in [9.17, 15) is 4.79 Å². The Labute approximate surface area is 175 Å². The predicted molar refractivity (Wildman–Crippen MR) is 117 cm³/mol. The van der Waals surface area contributed by atoms with Crippen LogP contribution in [0.2, 0.25) is 5.02 Å². The number of carbonyl (C=O) groups is 1. The molecule has 2 heterocycles. The van der Waals surface area contributed by atoms with E-state index >= 15 is 0 Å². The number of rotatable bonds is 2. The summed E-state index contributed by atoms with van der Waals surface area (Å²) in [5, 5.41) is 9.67. The summed E-state index contributed by atoms with van der Waals surface area (Å²) in [6, 6.07) is 11.3. The van der Waals surface area contributed by atoms with Gasteiger partial charge in [0, 0.05) is 36.0 Å². The van der Waals surface area contributed by atoms with Crippen molar-refractivity contribution in [2.24, 2.45) is 4.99 Å². The second-order valence-electron chi connectivity index (χ2n) is 6.83. The van der Waals surface area contributed by atoms with Crippen LogP contribution in [0, 0.1) is 6.92 Å². The first kappa shape index (κ1) is 20.3. The van der Waals surface area contributed by atoms with Crippen molar-refractivity contribution in [3.63, 3.8) is 0 Å². The van der Waals surface area contributed by atoms with Crippen LogP contribution in [-0.2, 0) is 13.0 Å². The van der Waals surface area contributed by atoms with Gasteiger partial charge in [-0.05, 0) is 54.3 Å². The molecule has 148 valence electrons. The Morgan fingerprint density at radius 1 is 1.14 bits per heavy atom. The molecule has 0 fully saturated rings. The van der Waals surface area contributed by atoms with Crippen LogP contribution in [0.1, 0.15) is 16.7 Å². The molecule has 0 bridgehead atoms. The number of benzene rings is 2. The highest BCUT2D eigenvalue weighted by molar-refractivity contribution is 6.31. The number of nitrogens with one attached hydrogen (secondary N) is 3. The molecule has 0 saturated heterocycles. The third-order valence-corrected chi connectivity index (χ3v) is 5.27. The molecule has 6 nitrogen and oxygen atoms in total. The number of hydrogen-bond acceptors (Lipinski definition) is 4. The maximum Gasteiger partial charge on any atom is 0.323 e. The summed E-state index contributed by atoms with van der Waals surface area (Å²) in [4.78, 5) is 19.1. The van der Waals surface area contributed by atoms with E-state index in [1.54, 1.807) is 6.07 Å². The van der Waals surface area contributed by atoms with Gasteiger partial charge in [-0.1, -0.05) is 23.7 Å². The Morgan fingerprint density at radius 2 is 1.89 bits per heavy atom. The van der Waals surface area contributed by atoms with E-state index in [0.717, 1.165) is 49.8 Å². The molecule has 0 unspecified atom stereocenters. The lowest BCUT2D eigenvalue weighted by atomic mass is 9.99. The van der Waals surface area contributed by atoms with E-state index in [1.807, 2.05) is 31.2 Å². The van der Waals surface area contributed by atoms with Gasteiger partial charge in [0.05, 0.1) is 6.54 Å². The van der Waals surface area contributed by atoms with E-state index < -0.39 is 0 Å². The van der Waals surface area contributed by atoms with Crippen molar-refractivity contribution in [1.82, 2.24) is 10.2 Å². The zero-order chi connectivity index (χ0) is 18.8. The molecule has 8 heteroatoms. The lowest BCUT2D eigenvalue weighted by molar-refractivity contribution is 0.262. The molecule has 0 saturated carbocycles. The Balaban J connectivity index is 0.00000225. The zero-order valence-electron chi connectivity index (χ0n) is 15.6. The number of hydrogen-bond donors (Lipinski definition) is 3. The second kappa shape index (κ2) is 8.71. The maximum atomic E-state index is 12.3. The third kappa shape index (κ3) is 4.51. The molecule has 2 aliphatic heterocycles. The number of nitrogens with zero attached hydrogens (tertiary/aromatic N) is 2. The van der Waals surface area contributed by atoms with Crippen molar-refractivity contribution in [2.75, 3.05) is 30.3 Å². The Kier molecular flexibility index (Phi) is 6.31. The van der Waals surface area contributed by atoms with Crippen molar-refractivity contribution in [1.29, 1.82) is 0 Å². The number of amides is 2. The highest BCUT2D eigenvalue weighted by Gasteiger charge is 2.21. The fourth-order valence-corrected chi connectivity index (χ4v) is 3.56. The van der Waals surface area contributed by atoms with Crippen LogP contribution in [0.15, 0.2) is 41.4 Å². The SMILES string of the molecule is Cc1ccc(NC(=O)Nc2ccc3c(c2)CN(C2=NCCN2)CC3)cc1Cl.Cl. The van der Waals surface area contributed by atoms with Crippen LogP contribution in [-0.4, -0.2) is 36.5 Å². The van der Waals surface area contributed by atoms with Crippen molar-refractivity contribution < 1.29 is 4.79 Å². The van der Waals surface area contributed by atoms with Crippen molar-refractivity contribution in [3.8, 4) is 0 Å². The summed E-state index contributed by atoms with van der Waals surface area (Å²) >= 11 is 6.11. The number of aliphatic imine (C=N–C) groups is 1. The smallest absolute Gasteiger partial charge is 0.323 e. The summed E-state index contributed by atoms with van der Waals surface area (Å²) in [5.41, 5.74) is 4.95. The molecule has 4 rings (SSSR count). The van der Waals surface area contributed by atoms with Gasteiger partial charge in [-0.15, -0.1) is 12.4 Å². The van der Waals surface area contributed by atoms with E-state index in [4.69, 9.17) is 11.6 Å². The summed E-state index contributed by atoms with van der Waals surface area (Å²) in [6.07, 6.45) is 0.977. The number of fused-ring (bicyclic) bond motifs is 1. The maximum absolute atomic E-state index is 12.3. The third-order valence-electron chi connectivity index (χ3n) is 4.86. The second-order valence-corrected chi connectivity index (χ2v) is 7.24. The van der Waals surface area contributed by atoms with Crippen molar-refractivity contribution in [2.45, 2.75) is 19.9 Å². The van der Waals surface area contributed by atoms with Gasteiger partial charge in [-0.25, -0.2) is 4.79 Å².